The van der Waals surface area contributed by atoms with Gasteiger partial charge in [0.15, 0.2) is 5.58 Å². The van der Waals surface area contributed by atoms with E-state index in [9.17, 15) is 0 Å². The standard InChI is InChI=1S/C25H21FN2O/c1-25(15-14-18(16-23(25)26)17-8-3-2-4-9-17)28(27)21-12-7-11-20-19-10-5-6-13-22(19)29-24(20)21/h2-14,16H,15,27H2,1H3. The molecule has 0 amide bonds. The van der Waals surface area contributed by atoms with Crippen LogP contribution >= 0.6 is 0 Å². The van der Waals surface area contributed by atoms with Crippen LogP contribution in [-0.4, -0.2) is 5.54 Å². The Labute approximate surface area is 168 Å². The average molecular weight is 384 g/mol. The Kier molecular flexibility index (Phi) is 4.03. The summed E-state index contributed by atoms with van der Waals surface area (Å²) in [6, 6.07) is 23.5. The highest BCUT2D eigenvalue weighted by molar-refractivity contribution is 6.08. The van der Waals surface area contributed by atoms with E-state index >= 15 is 4.39 Å². The molecule has 3 nitrogen and oxygen atoms in total. The van der Waals surface area contributed by atoms with Crippen molar-refractivity contribution in [2.24, 2.45) is 5.84 Å². The molecule has 0 saturated carbocycles. The summed E-state index contributed by atoms with van der Waals surface area (Å²) >= 11 is 0. The molecule has 0 radical (unpaired) electrons. The zero-order chi connectivity index (χ0) is 20.0. The van der Waals surface area contributed by atoms with Gasteiger partial charge in [0.05, 0.1) is 5.69 Å². The quantitative estimate of drug-likeness (QED) is 0.330. The van der Waals surface area contributed by atoms with Crippen LogP contribution in [0.3, 0.4) is 0 Å². The second kappa shape index (κ2) is 6.61. The van der Waals surface area contributed by atoms with Crippen molar-refractivity contribution in [3.05, 3.63) is 96.3 Å². The van der Waals surface area contributed by atoms with E-state index < -0.39 is 5.54 Å². The maximum Gasteiger partial charge on any atom is 0.160 e. The average Bonchev–Trinajstić information content (AvgIpc) is 3.14. The summed E-state index contributed by atoms with van der Waals surface area (Å²) in [5, 5.41) is 3.49. The molecule has 4 aromatic rings. The Morgan fingerprint density at radius 3 is 2.45 bits per heavy atom. The third-order valence-corrected chi connectivity index (χ3v) is 5.80. The Balaban J connectivity index is 1.57. The van der Waals surface area contributed by atoms with Gasteiger partial charge in [-0.1, -0.05) is 66.7 Å². The van der Waals surface area contributed by atoms with Crippen LogP contribution in [0.5, 0.6) is 0 Å². The van der Waals surface area contributed by atoms with E-state index in [4.69, 9.17) is 10.3 Å². The zero-order valence-electron chi connectivity index (χ0n) is 16.1. The first-order valence-corrected chi connectivity index (χ1v) is 9.66. The Bertz CT molecular complexity index is 1270. The minimum atomic E-state index is -0.995. The maximum atomic E-state index is 15.4. The highest BCUT2D eigenvalue weighted by Crippen LogP contribution is 2.41. The van der Waals surface area contributed by atoms with Gasteiger partial charge in [-0.3, -0.25) is 5.01 Å². The highest BCUT2D eigenvalue weighted by Gasteiger charge is 2.38. The van der Waals surface area contributed by atoms with E-state index in [1.54, 1.807) is 6.08 Å². The summed E-state index contributed by atoms with van der Waals surface area (Å²) in [6.45, 7) is 1.82. The van der Waals surface area contributed by atoms with Gasteiger partial charge in [-0.25, -0.2) is 10.2 Å². The van der Waals surface area contributed by atoms with E-state index in [2.05, 4.69) is 0 Å². The van der Waals surface area contributed by atoms with Crippen LogP contribution in [0.2, 0.25) is 0 Å². The van der Waals surface area contributed by atoms with E-state index in [-0.39, 0.29) is 5.83 Å². The van der Waals surface area contributed by atoms with Gasteiger partial charge < -0.3 is 4.42 Å². The number of hydrogen-bond donors (Lipinski definition) is 1. The normalized spacial score (nSPS) is 19.3. The van der Waals surface area contributed by atoms with Gasteiger partial charge >= 0.3 is 0 Å². The van der Waals surface area contributed by atoms with Crippen LogP contribution in [0, 0.1) is 0 Å². The van der Waals surface area contributed by atoms with Crippen molar-refractivity contribution in [1.29, 1.82) is 0 Å². The predicted octanol–water partition coefficient (Wildman–Crippen LogP) is 6.37. The van der Waals surface area contributed by atoms with Gasteiger partial charge in [0.25, 0.3) is 0 Å². The van der Waals surface area contributed by atoms with Gasteiger partial charge in [0.1, 0.15) is 16.9 Å². The summed E-state index contributed by atoms with van der Waals surface area (Å²) in [5.41, 5.74) is 3.00. The summed E-state index contributed by atoms with van der Waals surface area (Å²) in [5.74, 6) is 6.26. The second-order valence-corrected chi connectivity index (χ2v) is 7.62. The third kappa shape index (κ3) is 2.76. The molecule has 5 rings (SSSR count). The number of anilines is 1. The highest BCUT2D eigenvalue weighted by atomic mass is 19.1. The predicted molar refractivity (Wildman–Crippen MR) is 117 cm³/mol. The van der Waals surface area contributed by atoms with Gasteiger partial charge in [-0.05, 0) is 42.7 Å². The number of fused-ring (bicyclic) bond motifs is 3. The van der Waals surface area contributed by atoms with Crippen LogP contribution in [0.25, 0.3) is 27.5 Å². The number of para-hydroxylation sites is 2. The molecule has 4 heteroatoms. The van der Waals surface area contributed by atoms with Gasteiger partial charge in [0.2, 0.25) is 0 Å². The number of benzene rings is 3. The summed E-state index contributed by atoms with van der Waals surface area (Å²) < 4.78 is 21.5. The molecular weight excluding hydrogens is 363 g/mol. The molecule has 3 aromatic carbocycles. The summed E-state index contributed by atoms with van der Waals surface area (Å²) in [6.07, 6.45) is 4.07. The molecule has 0 aliphatic heterocycles. The monoisotopic (exact) mass is 384 g/mol. The van der Waals surface area contributed by atoms with E-state index in [0.29, 0.717) is 17.7 Å². The van der Waals surface area contributed by atoms with Crippen molar-refractivity contribution in [2.45, 2.75) is 18.9 Å². The first-order chi connectivity index (χ1) is 14.1. The molecular formula is C25H21FN2O. The first kappa shape index (κ1) is 17.7. The Morgan fingerprint density at radius 2 is 1.66 bits per heavy atom. The lowest BCUT2D eigenvalue weighted by Gasteiger charge is -2.39. The molecule has 1 unspecified atom stereocenters. The van der Waals surface area contributed by atoms with Gasteiger partial charge in [-0.2, -0.15) is 0 Å². The minimum Gasteiger partial charge on any atom is -0.454 e. The number of furan rings is 1. The fourth-order valence-electron chi connectivity index (χ4n) is 3.99. The number of nitrogens with two attached hydrogens (primary N) is 1. The smallest absolute Gasteiger partial charge is 0.160 e. The molecule has 0 saturated heterocycles. The second-order valence-electron chi connectivity index (χ2n) is 7.62. The number of halogens is 1. The lowest BCUT2D eigenvalue weighted by atomic mass is 9.86. The Hall–Kier alpha value is -3.37. The number of allylic oxidation sites excluding steroid dienone is 2. The fourth-order valence-corrected chi connectivity index (χ4v) is 3.99. The molecule has 0 bridgehead atoms. The molecule has 1 aliphatic carbocycles. The van der Waals surface area contributed by atoms with E-state index in [0.717, 1.165) is 27.5 Å². The SMILES string of the molecule is CC1(N(N)c2cccc3c2oc2ccccc23)CC=C(c2ccccc2)C=C1F. The third-order valence-electron chi connectivity index (χ3n) is 5.80. The van der Waals surface area contributed by atoms with Crippen LogP contribution < -0.4 is 10.9 Å². The molecule has 2 N–H and O–H groups in total. The Morgan fingerprint density at radius 1 is 0.931 bits per heavy atom. The maximum absolute atomic E-state index is 15.4. The van der Waals surface area contributed by atoms with Crippen LogP contribution in [-0.2, 0) is 0 Å². The van der Waals surface area contributed by atoms with E-state index in [1.807, 2.05) is 85.8 Å². The minimum absolute atomic E-state index is 0.269. The van der Waals surface area contributed by atoms with Crippen molar-refractivity contribution in [2.75, 3.05) is 5.01 Å². The molecule has 0 spiro atoms. The fraction of sp³-hybridized carbons (Fsp3) is 0.120. The number of hydrazine groups is 1. The van der Waals surface area contributed by atoms with Gasteiger partial charge in [-0.15, -0.1) is 0 Å². The molecule has 0 fully saturated rings. The van der Waals surface area contributed by atoms with Gasteiger partial charge in [0, 0.05) is 10.8 Å². The lowest BCUT2D eigenvalue weighted by Crippen LogP contribution is -2.52. The van der Waals surface area contributed by atoms with Crippen molar-refractivity contribution in [1.82, 2.24) is 0 Å². The molecule has 1 heterocycles. The molecule has 29 heavy (non-hydrogen) atoms. The molecule has 144 valence electrons. The largest absolute Gasteiger partial charge is 0.454 e. The van der Waals surface area contributed by atoms with Crippen molar-refractivity contribution < 1.29 is 8.81 Å². The van der Waals surface area contributed by atoms with Crippen molar-refractivity contribution in [3.63, 3.8) is 0 Å². The molecule has 1 atom stereocenters. The summed E-state index contributed by atoms with van der Waals surface area (Å²) in [7, 11) is 0. The first-order valence-electron chi connectivity index (χ1n) is 9.66. The molecule has 1 aromatic heterocycles. The lowest BCUT2D eigenvalue weighted by molar-refractivity contribution is 0.395. The number of rotatable bonds is 3. The number of nitrogens with zero attached hydrogens (tertiary/aromatic N) is 1. The number of hydrogen-bond acceptors (Lipinski definition) is 3. The molecule has 1 aliphatic rings. The van der Waals surface area contributed by atoms with Crippen molar-refractivity contribution >= 4 is 33.2 Å². The van der Waals surface area contributed by atoms with Crippen LogP contribution in [0.15, 0.2) is 95.2 Å². The topological polar surface area (TPSA) is 42.4 Å². The van der Waals surface area contributed by atoms with Crippen molar-refractivity contribution in [3.8, 4) is 0 Å². The van der Waals surface area contributed by atoms with Crippen LogP contribution in [0.4, 0.5) is 10.1 Å². The van der Waals surface area contributed by atoms with Crippen LogP contribution in [0.1, 0.15) is 18.9 Å². The summed E-state index contributed by atoms with van der Waals surface area (Å²) in [4.78, 5) is 0. The van der Waals surface area contributed by atoms with E-state index in [1.165, 1.54) is 5.01 Å². The zero-order valence-corrected chi connectivity index (χ0v) is 16.1.